The molecule has 0 heterocycles. The Kier molecular flexibility index (Phi) is 68.0. The second-order valence-electron chi connectivity index (χ2n) is 25.2. The molecule has 0 amide bonds. The first-order valence-electron chi connectivity index (χ1n) is 38.1. The van der Waals surface area contributed by atoms with Crippen LogP contribution in [-0.2, 0) is 65.4 Å². The summed E-state index contributed by atoms with van der Waals surface area (Å²) in [6.07, 6.45) is 75.1. The van der Waals surface area contributed by atoms with Gasteiger partial charge in [0.15, 0.2) is 12.2 Å². The molecule has 3 N–H and O–H groups in total. The zero-order valence-corrected chi connectivity index (χ0v) is 63.2. The maximum absolute atomic E-state index is 13.1. The van der Waals surface area contributed by atoms with E-state index in [1.807, 2.05) is 0 Å². The summed E-state index contributed by atoms with van der Waals surface area (Å²) in [6, 6.07) is 0. The first-order chi connectivity index (χ1) is 47.7. The molecule has 0 saturated heterocycles. The Labute approximate surface area is 594 Å². The van der Waals surface area contributed by atoms with Crippen molar-refractivity contribution in [1.29, 1.82) is 0 Å². The number of phosphoric acid groups is 2. The number of rotatable bonds is 71. The maximum atomic E-state index is 13.1. The van der Waals surface area contributed by atoms with Crippen molar-refractivity contribution in [3.8, 4) is 0 Å². The van der Waals surface area contributed by atoms with E-state index in [2.05, 4.69) is 137 Å². The predicted octanol–water partition coefficient (Wildman–Crippen LogP) is 21.8. The molecule has 0 radical (unpaired) electrons. The predicted molar refractivity (Wildman–Crippen MR) is 399 cm³/mol. The molecular weight excluding hydrogens is 1280 g/mol. The van der Waals surface area contributed by atoms with Gasteiger partial charge in [-0.25, -0.2) is 9.13 Å². The molecule has 0 aromatic heterocycles. The van der Waals surface area contributed by atoms with Gasteiger partial charge in [0.1, 0.15) is 19.3 Å². The van der Waals surface area contributed by atoms with Gasteiger partial charge >= 0.3 is 39.5 Å². The molecule has 0 aliphatic rings. The molecule has 0 bridgehead atoms. The van der Waals surface area contributed by atoms with Gasteiger partial charge in [-0.3, -0.25) is 37.3 Å². The molecule has 0 aliphatic carbocycles. The van der Waals surface area contributed by atoms with Crippen molar-refractivity contribution in [2.45, 2.75) is 329 Å². The van der Waals surface area contributed by atoms with E-state index in [4.69, 9.17) is 37.0 Å². The fraction of sp³-hybridized carbons (Fsp3) is 0.722. The van der Waals surface area contributed by atoms with Crippen molar-refractivity contribution in [2.24, 2.45) is 0 Å². The van der Waals surface area contributed by atoms with E-state index >= 15 is 0 Å². The van der Waals surface area contributed by atoms with Gasteiger partial charge in [-0.15, -0.1) is 0 Å². The highest BCUT2D eigenvalue weighted by molar-refractivity contribution is 7.47. The Balaban J connectivity index is 5.37. The van der Waals surface area contributed by atoms with Crippen LogP contribution < -0.4 is 0 Å². The monoisotopic (exact) mass is 1420 g/mol. The van der Waals surface area contributed by atoms with Crippen LogP contribution in [-0.4, -0.2) is 96.7 Å². The molecule has 19 heteroatoms. The van der Waals surface area contributed by atoms with Crippen LogP contribution in [0.2, 0.25) is 0 Å². The summed E-state index contributed by atoms with van der Waals surface area (Å²) < 4.78 is 68.4. The second-order valence-corrected chi connectivity index (χ2v) is 28.1. The van der Waals surface area contributed by atoms with E-state index in [1.165, 1.54) is 64.2 Å². The quantitative estimate of drug-likeness (QED) is 0.0169. The zero-order valence-electron chi connectivity index (χ0n) is 61.4. The molecule has 0 aromatic rings. The molecule has 17 nitrogen and oxygen atoms in total. The molecule has 5 atom stereocenters. The van der Waals surface area contributed by atoms with Gasteiger partial charge in [0.2, 0.25) is 0 Å². The van der Waals surface area contributed by atoms with Crippen LogP contribution >= 0.6 is 15.6 Å². The van der Waals surface area contributed by atoms with Crippen LogP contribution in [0.25, 0.3) is 0 Å². The maximum Gasteiger partial charge on any atom is 0.472 e. The first-order valence-corrected chi connectivity index (χ1v) is 41.1. The Bertz CT molecular complexity index is 2290. The van der Waals surface area contributed by atoms with Gasteiger partial charge in [-0.1, -0.05) is 265 Å². The lowest BCUT2D eigenvalue weighted by atomic mass is 10.1. The largest absolute Gasteiger partial charge is 0.472 e. The van der Waals surface area contributed by atoms with Crippen molar-refractivity contribution < 1.29 is 80.2 Å². The number of esters is 4. The van der Waals surface area contributed by atoms with Crippen molar-refractivity contribution >= 4 is 39.5 Å². The fourth-order valence-corrected chi connectivity index (χ4v) is 11.5. The Morgan fingerprint density at radius 3 is 0.847 bits per heavy atom. The third kappa shape index (κ3) is 70.2. The van der Waals surface area contributed by atoms with Crippen molar-refractivity contribution in [3.05, 3.63) is 109 Å². The standard InChI is InChI=1S/C79H136O17P2/c1-5-9-13-17-21-25-29-32-34-35-36-37-39-41-45-48-52-56-60-64-77(82)90-70-75(96-79(84)66-62-58-54-50-46-42-38-33-30-26-22-18-14-10-6-2)72-94-98(87,88)92-68-73(80)67-91-97(85,86)93-71-74(95-78(83)65-61-57-53-49-43-28-24-20-16-12-8-4)69-89-76(81)63-59-55-51-47-44-40-31-27-23-19-15-11-7-3/h9-10,13-14,21-22,25-27,31-34,36-38,41,45,73-75,80H,5-8,11-12,15-20,23-24,28-30,35,39-40,42-44,46-72H2,1-4H3,(H,85,86)(H,87,88)/b13-9-,14-10-,25-21-,26-22-,31-27-,34-32-,37-36-,38-33-,45-41-. The summed E-state index contributed by atoms with van der Waals surface area (Å²) in [6.45, 7) is 4.57. The number of phosphoric ester groups is 2. The van der Waals surface area contributed by atoms with Crippen LogP contribution in [0.4, 0.5) is 0 Å². The lowest BCUT2D eigenvalue weighted by Gasteiger charge is -2.21. The molecule has 0 spiro atoms. The van der Waals surface area contributed by atoms with E-state index in [0.717, 1.165) is 167 Å². The average molecular weight is 1420 g/mol. The number of ether oxygens (including phenoxy) is 4. The highest BCUT2D eigenvalue weighted by Crippen LogP contribution is 2.45. The van der Waals surface area contributed by atoms with Crippen LogP contribution in [0.5, 0.6) is 0 Å². The Morgan fingerprint density at radius 2 is 0.531 bits per heavy atom. The van der Waals surface area contributed by atoms with Crippen LogP contribution in [0.3, 0.4) is 0 Å². The topological polar surface area (TPSA) is 237 Å². The minimum absolute atomic E-state index is 0.0664. The molecule has 0 fully saturated rings. The molecule has 0 saturated carbocycles. The van der Waals surface area contributed by atoms with E-state index < -0.39 is 97.5 Å². The first kappa shape index (κ1) is 93.7. The molecule has 564 valence electrons. The third-order valence-corrected chi connectivity index (χ3v) is 17.6. The van der Waals surface area contributed by atoms with Crippen LogP contribution in [0.1, 0.15) is 310 Å². The number of aliphatic hydroxyl groups excluding tert-OH is 1. The second kappa shape index (κ2) is 71.1. The lowest BCUT2D eigenvalue weighted by molar-refractivity contribution is -0.161. The Hall–Kier alpha value is -4.28. The van der Waals surface area contributed by atoms with Gasteiger partial charge < -0.3 is 33.8 Å². The Morgan fingerprint density at radius 1 is 0.296 bits per heavy atom. The summed E-state index contributed by atoms with van der Waals surface area (Å²) >= 11 is 0. The van der Waals surface area contributed by atoms with E-state index in [9.17, 15) is 43.2 Å². The molecule has 5 unspecified atom stereocenters. The molecule has 0 rings (SSSR count). The number of hydrogen-bond donors (Lipinski definition) is 3. The summed E-state index contributed by atoms with van der Waals surface area (Å²) in [5.74, 6) is -2.23. The number of allylic oxidation sites excluding steroid dienone is 18. The van der Waals surface area contributed by atoms with Crippen LogP contribution in [0, 0.1) is 0 Å². The molecule has 0 aliphatic heterocycles. The van der Waals surface area contributed by atoms with Gasteiger partial charge in [-0.05, 0) is 128 Å². The van der Waals surface area contributed by atoms with E-state index in [1.54, 1.807) is 0 Å². The van der Waals surface area contributed by atoms with Gasteiger partial charge in [0.25, 0.3) is 0 Å². The van der Waals surface area contributed by atoms with Gasteiger partial charge in [-0.2, -0.15) is 0 Å². The zero-order chi connectivity index (χ0) is 71.8. The normalized spacial score (nSPS) is 14.6. The summed E-state index contributed by atoms with van der Waals surface area (Å²) in [5, 5.41) is 10.6. The lowest BCUT2D eigenvalue weighted by Crippen LogP contribution is -2.30. The molecule has 0 aromatic carbocycles. The number of hydrogen-bond acceptors (Lipinski definition) is 15. The van der Waals surface area contributed by atoms with E-state index in [-0.39, 0.29) is 25.7 Å². The fourth-order valence-electron chi connectivity index (χ4n) is 9.96. The van der Waals surface area contributed by atoms with Crippen LogP contribution in [0.15, 0.2) is 109 Å². The highest BCUT2D eigenvalue weighted by Gasteiger charge is 2.30. The number of carbonyl (C=O) groups is 4. The van der Waals surface area contributed by atoms with E-state index in [0.29, 0.717) is 25.7 Å². The number of aliphatic hydroxyl groups is 1. The summed E-state index contributed by atoms with van der Waals surface area (Å²) in [4.78, 5) is 72.8. The average Bonchev–Trinajstić information content (AvgIpc) is 0.992. The third-order valence-electron chi connectivity index (χ3n) is 15.7. The molecule has 98 heavy (non-hydrogen) atoms. The van der Waals surface area contributed by atoms with Crippen molar-refractivity contribution in [1.82, 2.24) is 0 Å². The van der Waals surface area contributed by atoms with Crippen molar-refractivity contribution in [3.63, 3.8) is 0 Å². The highest BCUT2D eigenvalue weighted by atomic mass is 31.2. The summed E-state index contributed by atoms with van der Waals surface area (Å²) in [7, 11) is -9.96. The smallest absolute Gasteiger partial charge is 0.462 e. The SMILES string of the molecule is CC/C=C\C/C=C\C/C=C\C/C=C\C/C=C\CCCCCC(=O)OCC(COP(=O)(O)OCC(O)COP(=O)(O)OCC(COC(=O)CCCCCCC/C=C\CCCCCC)OC(=O)CCCCCCCCCCCCC)OC(=O)CCCCCCC/C=C\C/C=C\C/C=C\CC. The number of carbonyl (C=O) groups excluding carboxylic acids is 4. The van der Waals surface area contributed by atoms with Gasteiger partial charge in [0, 0.05) is 25.7 Å². The minimum Gasteiger partial charge on any atom is -0.462 e. The van der Waals surface area contributed by atoms with Crippen molar-refractivity contribution in [2.75, 3.05) is 39.6 Å². The number of unbranched alkanes of at least 4 members (excludes halogenated alkanes) is 27. The molecular formula is C79H136O17P2. The van der Waals surface area contributed by atoms with Gasteiger partial charge in [0.05, 0.1) is 26.4 Å². The minimum atomic E-state index is -4.99. The summed E-state index contributed by atoms with van der Waals surface area (Å²) in [5.41, 5.74) is 0.